The predicted octanol–water partition coefficient (Wildman–Crippen LogP) is 5.37. The number of nitrogens with one attached hydrogen (secondary N) is 1. The molecule has 5 rings (SSSR count). The minimum atomic E-state index is -0.930. The first-order chi connectivity index (χ1) is 20.1. The van der Waals surface area contributed by atoms with Crippen LogP contribution in [-0.4, -0.2) is 51.2 Å². The average Bonchev–Trinajstić information content (AvgIpc) is 3.69. The molecule has 2 atom stereocenters. The van der Waals surface area contributed by atoms with Crippen LogP contribution in [0, 0.1) is 5.82 Å². The van der Waals surface area contributed by atoms with Gasteiger partial charge in [-0.3, -0.25) is 14.4 Å². The van der Waals surface area contributed by atoms with E-state index in [1.807, 2.05) is 35.9 Å². The highest BCUT2D eigenvalue weighted by Gasteiger charge is 2.32. The molecule has 0 saturated carbocycles. The van der Waals surface area contributed by atoms with Crippen molar-refractivity contribution in [3.05, 3.63) is 76.5 Å². The van der Waals surface area contributed by atoms with Crippen LogP contribution in [0.4, 0.5) is 16.1 Å². The van der Waals surface area contributed by atoms with Crippen LogP contribution in [0.5, 0.6) is 0 Å². The Morgan fingerprint density at radius 1 is 1.29 bits per heavy atom. The van der Waals surface area contributed by atoms with Crippen LogP contribution in [0.3, 0.4) is 0 Å². The van der Waals surface area contributed by atoms with Gasteiger partial charge in [-0.1, -0.05) is 29.8 Å². The van der Waals surface area contributed by atoms with E-state index in [0.717, 1.165) is 23.4 Å². The maximum Gasteiger partial charge on any atom is 0.303 e. The molecule has 2 aromatic heterocycles. The second-order valence-corrected chi connectivity index (χ2v) is 10.7. The predicted molar refractivity (Wildman–Crippen MR) is 154 cm³/mol. The molecule has 0 aliphatic carbocycles. The van der Waals surface area contributed by atoms with Crippen LogP contribution in [0.1, 0.15) is 47.9 Å². The van der Waals surface area contributed by atoms with E-state index in [0.29, 0.717) is 30.3 Å². The number of halogens is 2. The fourth-order valence-electron chi connectivity index (χ4n) is 5.05. The molecule has 1 fully saturated rings. The maximum atomic E-state index is 15.1. The number of aliphatic carboxylic acids is 1. The molecule has 42 heavy (non-hydrogen) atoms. The minimum absolute atomic E-state index is 0.0712. The molecule has 12 heteroatoms. The van der Waals surface area contributed by atoms with Crippen LogP contribution in [0.25, 0.3) is 10.9 Å². The lowest BCUT2D eigenvalue weighted by atomic mass is 10.0. The number of anilines is 2. The molecule has 220 valence electrons. The minimum Gasteiger partial charge on any atom is -0.481 e. The van der Waals surface area contributed by atoms with Crippen molar-refractivity contribution >= 4 is 51.9 Å². The number of hydrogen-bond donors (Lipinski definition) is 2. The number of carbonyl (C=O) groups excluding carboxylic acids is 2. The number of benzene rings is 2. The lowest BCUT2D eigenvalue weighted by Crippen LogP contribution is -2.37. The molecule has 2 N–H and O–H groups in total. The molecule has 2 aromatic carbocycles. The first-order valence-corrected chi connectivity index (χ1v) is 13.9. The van der Waals surface area contributed by atoms with Gasteiger partial charge >= 0.3 is 5.97 Å². The van der Waals surface area contributed by atoms with E-state index in [9.17, 15) is 14.4 Å². The molecular weight excluding hydrogens is 567 g/mol. The van der Waals surface area contributed by atoms with Gasteiger partial charge in [0.15, 0.2) is 5.78 Å². The molecule has 0 bridgehead atoms. The van der Waals surface area contributed by atoms with Crippen LogP contribution in [0.15, 0.2) is 53.2 Å². The van der Waals surface area contributed by atoms with E-state index >= 15 is 4.39 Å². The number of para-hydroxylation sites is 1. The van der Waals surface area contributed by atoms with Crippen molar-refractivity contribution in [1.29, 1.82) is 0 Å². The quantitative estimate of drug-likeness (QED) is 0.237. The zero-order valence-electron chi connectivity index (χ0n) is 23.1. The van der Waals surface area contributed by atoms with Gasteiger partial charge in [0.25, 0.3) is 11.9 Å². The highest BCUT2D eigenvalue weighted by Crippen LogP contribution is 2.30. The normalized spacial score (nSPS) is 15.7. The van der Waals surface area contributed by atoms with Gasteiger partial charge < -0.3 is 29.0 Å². The summed E-state index contributed by atoms with van der Waals surface area (Å²) in [5.74, 6) is -1.93. The van der Waals surface area contributed by atoms with E-state index in [1.54, 1.807) is 18.0 Å². The molecule has 1 amide bonds. The van der Waals surface area contributed by atoms with Gasteiger partial charge in [-0.25, -0.2) is 9.37 Å². The highest BCUT2D eigenvalue weighted by atomic mass is 35.5. The summed E-state index contributed by atoms with van der Waals surface area (Å²) in [7, 11) is 1.83. The van der Waals surface area contributed by atoms with E-state index in [2.05, 4.69) is 10.3 Å². The first kappa shape index (κ1) is 29.3. The Hall–Kier alpha value is -4.22. The zero-order valence-corrected chi connectivity index (χ0v) is 23.9. The number of amides is 1. The van der Waals surface area contributed by atoms with Crippen molar-refractivity contribution in [3.8, 4) is 0 Å². The third-order valence-corrected chi connectivity index (χ3v) is 7.59. The van der Waals surface area contributed by atoms with Crippen LogP contribution in [-0.2, 0) is 34.2 Å². The SMILES string of the molecule is CC(O[C@H]1CCCN1c1ncc(CCC(=O)O)o1)C(=O)Cc1cc(Cl)c(NC(=O)c2cn(C)c3ccccc23)cc1F. The number of ether oxygens (including phenoxy) is 1. The molecule has 0 radical (unpaired) electrons. The molecular formula is C30H30ClFN4O6. The number of carbonyl (C=O) groups is 3. The summed E-state index contributed by atoms with van der Waals surface area (Å²) in [6.45, 7) is 2.20. The fourth-order valence-corrected chi connectivity index (χ4v) is 5.28. The summed E-state index contributed by atoms with van der Waals surface area (Å²) in [5.41, 5.74) is 1.49. The van der Waals surface area contributed by atoms with Gasteiger partial charge in [-0.15, -0.1) is 0 Å². The molecule has 1 aliphatic rings. The number of carboxylic acids is 1. The molecule has 1 saturated heterocycles. The van der Waals surface area contributed by atoms with Crippen molar-refractivity contribution < 1.29 is 33.0 Å². The summed E-state index contributed by atoms with van der Waals surface area (Å²) in [6, 6.07) is 10.2. The number of Topliss-reactive ketones (excluding diaryl/α,β-unsaturated/α-hetero) is 1. The topological polar surface area (TPSA) is 127 Å². The summed E-state index contributed by atoms with van der Waals surface area (Å²) < 4.78 is 28.6. The average molecular weight is 597 g/mol. The number of hydrogen-bond acceptors (Lipinski definition) is 7. The molecule has 4 aromatic rings. The lowest BCUT2D eigenvalue weighted by molar-refractivity contribution is -0.137. The second kappa shape index (κ2) is 12.3. The smallest absolute Gasteiger partial charge is 0.303 e. The summed E-state index contributed by atoms with van der Waals surface area (Å²) >= 11 is 6.40. The van der Waals surface area contributed by atoms with E-state index < -0.39 is 30.0 Å². The summed E-state index contributed by atoms with van der Waals surface area (Å²) in [4.78, 5) is 42.9. The lowest BCUT2D eigenvalue weighted by Gasteiger charge is -2.25. The number of fused-ring (bicyclic) bond motifs is 1. The highest BCUT2D eigenvalue weighted by molar-refractivity contribution is 6.34. The Balaban J connectivity index is 1.21. The van der Waals surface area contributed by atoms with Crippen molar-refractivity contribution in [3.63, 3.8) is 0 Å². The van der Waals surface area contributed by atoms with Crippen LogP contribution in [0.2, 0.25) is 5.02 Å². The number of nitrogens with zero attached hydrogens (tertiary/aromatic N) is 3. The number of oxazole rings is 1. The zero-order chi connectivity index (χ0) is 30.0. The second-order valence-electron chi connectivity index (χ2n) is 10.3. The van der Waals surface area contributed by atoms with Crippen molar-refractivity contribution in [2.24, 2.45) is 7.05 Å². The first-order valence-electron chi connectivity index (χ1n) is 13.6. The molecule has 0 spiro atoms. The largest absolute Gasteiger partial charge is 0.481 e. The molecule has 1 unspecified atom stereocenters. The number of rotatable bonds is 11. The number of aromatic nitrogens is 2. The third-order valence-electron chi connectivity index (χ3n) is 7.28. The number of carboxylic acid groups (broad SMARTS) is 1. The van der Waals surface area contributed by atoms with E-state index in [-0.39, 0.29) is 41.3 Å². The van der Waals surface area contributed by atoms with Crippen LogP contribution >= 0.6 is 11.6 Å². The number of ketones is 1. The Kier molecular flexibility index (Phi) is 8.60. The number of aryl methyl sites for hydroxylation is 2. The Labute approximate surface area is 246 Å². The molecule has 3 heterocycles. The Morgan fingerprint density at radius 2 is 2.07 bits per heavy atom. The van der Waals surface area contributed by atoms with E-state index in [4.69, 9.17) is 25.9 Å². The van der Waals surface area contributed by atoms with Crippen LogP contribution < -0.4 is 10.2 Å². The maximum absolute atomic E-state index is 15.1. The van der Waals surface area contributed by atoms with Crippen molar-refractivity contribution in [2.45, 2.75) is 51.4 Å². The fraction of sp³-hybridized carbons (Fsp3) is 0.333. The third kappa shape index (κ3) is 6.32. The van der Waals surface area contributed by atoms with Gasteiger partial charge in [-0.05, 0) is 43.5 Å². The standard InChI is InChI=1S/C30H30ClFN4O6/c1-17(41-27-8-5-11-36(27)30-33-15-19(42-30)9-10-28(38)39)26(37)13-18-12-22(31)24(14-23(18)32)34-29(40)21-16-35(2)25-7-4-3-6-20(21)25/h3-4,6-7,12,14-17,27H,5,8-11,13H2,1-2H3,(H,34,40)(H,38,39)/t17?,27-/m0/s1. The summed E-state index contributed by atoms with van der Waals surface area (Å²) in [6.07, 6.45) is 3.16. The van der Waals surface area contributed by atoms with Gasteiger partial charge in [-0.2, -0.15) is 0 Å². The van der Waals surface area contributed by atoms with Crippen molar-refractivity contribution in [2.75, 3.05) is 16.8 Å². The Bertz CT molecular complexity index is 1650. The van der Waals surface area contributed by atoms with Gasteiger partial charge in [0.05, 0.1) is 28.9 Å². The van der Waals surface area contributed by atoms with Gasteiger partial charge in [0.1, 0.15) is 23.9 Å². The Morgan fingerprint density at radius 3 is 2.86 bits per heavy atom. The van der Waals surface area contributed by atoms with Crippen molar-refractivity contribution in [1.82, 2.24) is 9.55 Å². The monoisotopic (exact) mass is 596 g/mol. The van der Waals surface area contributed by atoms with Gasteiger partial charge in [0, 0.05) is 43.5 Å². The van der Waals surface area contributed by atoms with E-state index in [1.165, 1.54) is 12.3 Å². The summed E-state index contributed by atoms with van der Waals surface area (Å²) in [5, 5.41) is 12.4. The van der Waals surface area contributed by atoms with Gasteiger partial charge in [0.2, 0.25) is 0 Å². The molecule has 1 aliphatic heterocycles. The molecule has 10 nitrogen and oxygen atoms in total.